The van der Waals surface area contributed by atoms with E-state index in [0.717, 1.165) is 0 Å². The number of carbonyl (C=O) groups excluding carboxylic acids is 1. The van der Waals surface area contributed by atoms with Gasteiger partial charge in [-0.25, -0.2) is 4.79 Å². The molecule has 0 spiro atoms. The summed E-state index contributed by atoms with van der Waals surface area (Å²) in [7, 11) is 0. The highest BCUT2D eigenvalue weighted by Gasteiger charge is 2.01. The highest BCUT2D eigenvalue weighted by atomic mass is 35.5. The van der Waals surface area contributed by atoms with Crippen molar-refractivity contribution in [1.29, 1.82) is 0 Å². The van der Waals surface area contributed by atoms with E-state index >= 15 is 0 Å². The van der Waals surface area contributed by atoms with Crippen molar-refractivity contribution in [3.05, 3.63) is 29.3 Å². The summed E-state index contributed by atoms with van der Waals surface area (Å²) in [6.45, 7) is 0.188. The van der Waals surface area contributed by atoms with Crippen LogP contribution in [-0.2, 0) is 4.74 Å². The second-order valence-electron chi connectivity index (χ2n) is 2.46. The minimum absolute atomic E-state index is 0.188. The van der Waals surface area contributed by atoms with Crippen molar-refractivity contribution in [3.63, 3.8) is 0 Å². The van der Waals surface area contributed by atoms with Gasteiger partial charge >= 0.3 is 6.09 Å². The number of carbonyl (C=O) groups is 1. The van der Waals surface area contributed by atoms with E-state index in [-0.39, 0.29) is 12.5 Å². The van der Waals surface area contributed by atoms with Gasteiger partial charge in [0.15, 0.2) is 0 Å². The van der Waals surface area contributed by atoms with Crippen LogP contribution >= 0.6 is 23.2 Å². The Bertz CT molecular complexity index is 317. The molecule has 0 saturated heterocycles. The Labute approximate surface area is 92.0 Å². The number of hydrogen-bond acceptors (Lipinski definition) is 2. The van der Waals surface area contributed by atoms with Gasteiger partial charge in [-0.15, -0.1) is 11.6 Å². The molecule has 76 valence electrons. The van der Waals surface area contributed by atoms with Gasteiger partial charge in [0.25, 0.3) is 0 Å². The SMILES string of the molecule is O=C(Nc1cccc(Cl)c1)OCCCl. The molecular weight excluding hydrogens is 225 g/mol. The fraction of sp³-hybridized carbons (Fsp3) is 0.222. The molecule has 0 atom stereocenters. The first-order valence-electron chi connectivity index (χ1n) is 3.97. The van der Waals surface area contributed by atoms with Crippen molar-refractivity contribution in [2.45, 2.75) is 0 Å². The number of hydrogen-bond donors (Lipinski definition) is 1. The Balaban J connectivity index is 2.47. The lowest BCUT2D eigenvalue weighted by molar-refractivity contribution is 0.168. The molecular formula is C9H9Cl2NO2. The van der Waals surface area contributed by atoms with E-state index in [1.54, 1.807) is 24.3 Å². The van der Waals surface area contributed by atoms with E-state index in [4.69, 9.17) is 27.9 Å². The van der Waals surface area contributed by atoms with E-state index in [9.17, 15) is 4.79 Å². The monoisotopic (exact) mass is 233 g/mol. The molecule has 1 amide bonds. The molecule has 0 radical (unpaired) electrons. The number of amides is 1. The predicted octanol–water partition coefficient (Wildman–Crippen LogP) is 3.13. The summed E-state index contributed by atoms with van der Waals surface area (Å²) >= 11 is 11.1. The van der Waals surface area contributed by atoms with E-state index in [1.165, 1.54) is 0 Å². The molecule has 0 heterocycles. The number of ether oxygens (including phenoxy) is 1. The first kappa shape index (κ1) is 11.1. The molecule has 0 aliphatic rings. The van der Waals surface area contributed by atoms with Crippen LogP contribution in [0.2, 0.25) is 5.02 Å². The number of rotatable bonds is 3. The summed E-state index contributed by atoms with van der Waals surface area (Å²) in [4.78, 5) is 11.0. The third-order valence-electron chi connectivity index (χ3n) is 1.38. The molecule has 0 fully saturated rings. The van der Waals surface area contributed by atoms with Crippen molar-refractivity contribution in [2.24, 2.45) is 0 Å². The largest absolute Gasteiger partial charge is 0.448 e. The number of anilines is 1. The van der Waals surface area contributed by atoms with Gasteiger partial charge in [-0.1, -0.05) is 17.7 Å². The zero-order valence-corrected chi connectivity index (χ0v) is 8.81. The molecule has 3 nitrogen and oxygen atoms in total. The minimum Gasteiger partial charge on any atom is -0.448 e. The normalized spacial score (nSPS) is 9.57. The van der Waals surface area contributed by atoms with Crippen molar-refractivity contribution in [3.8, 4) is 0 Å². The van der Waals surface area contributed by atoms with Gasteiger partial charge in [0.1, 0.15) is 6.61 Å². The summed E-state index contributed by atoms with van der Waals surface area (Å²) in [5.41, 5.74) is 0.595. The van der Waals surface area contributed by atoms with Crippen molar-refractivity contribution in [1.82, 2.24) is 0 Å². The quantitative estimate of drug-likeness (QED) is 0.816. The molecule has 0 saturated carbocycles. The Morgan fingerprint density at radius 2 is 2.29 bits per heavy atom. The van der Waals surface area contributed by atoms with Crippen molar-refractivity contribution >= 4 is 35.0 Å². The average Bonchev–Trinajstić information content (AvgIpc) is 2.15. The zero-order chi connectivity index (χ0) is 10.4. The topological polar surface area (TPSA) is 38.3 Å². The molecule has 0 aliphatic heterocycles. The number of alkyl halides is 1. The lowest BCUT2D eigenvalue weighted by Crippen LogP contribution is -2.14. The van der Waals surface area contributed by atoms with Gasteiger partial charge in [0.2, 0.25) is 0 Å². The number of halogens is 2. The highest BCUT2D eigenvalue weighted by Crippen LogP contribution is 2.14. The molecule has 14 heavy (non-hydrogen) atoms. The van der Waals surface area contributed by atoms with Gasteiger partial charge in [0.05, 0.1) is 5.88 Å². The average molecular weight is 234 g/mol. The Hall–Kier alpha value is -0.930. The third kappa shape index (κ3) is 3.85. The van der Waals surface area contributed by atoms with Crippen LogP contribution in [0, 0.1) is 0 Å². The zero-order valence-electron chi connectivity index (χ0n) is 7.30. The summed E-state index contributed by atoms with van der Waals surface area (Å²) in [5.74, 6) is 0.281. The maximum Gasteiger partial charge on any atom is 0.411 e. The van der Waals surface area contributed by atoms with Gasteiger partial charge in [-0.2, -0.15) is 0 Å². The summed E-state index contributed by atoms with van der Waals surface area (Å²) in [6, 6.07) is 6.80. The molecule has 5 heteroatoms. The van der Waals surface area contributed by atoms with Crippen LogP contribution in [0.25, 0.3) is 0 Å². The van der Waals surface area contributed by atoms with Gasteiger partial charge < -0.3 is 4.74 Å². The molecule has 0 aromatic heterocycles. The van der Waals surface area contributed by atoms with Crippen molar-refractivity contribution in [2.75, 3.05) is 17.8 Å². The second kappa shape index (κ2) is 5.73. The number of benzene rings is 1. The number of nitrogens with one attached hydrogen (secondary N) is 1. The highest BCUT2D eigenvalue weighted by molar-refractivity contribution is 6.30. The Kier molecular flexibility index (Phi) is 4.56. The summed E-state index contributed by atoms with van der Waals surface area (Å²) in [6.07, 6.45) is -0.534. The van der Waals surface area contributed by atoms with Crippen LogP contribution in [-0.4, -0.2) is 18.6 Å². The lowest BCUT2D eigenvalue weighted by Gasteiger charge is -2.05. The van der Waals surface area contributed by atoms with E-state index in [2.05, 4.69) is 5.32 Å². The van der Waals surface area contributed by atoms with Crippen LogP contribution < -0.4 is 5.32 Å². The first-order valence-corrected chi connectivity index (χ1v) is 4.89. The van der Waals surface area contributed by atoms with Gasteiger partial charge in [-0.05, 0) is 18.2 Å². The van der Waals surface area contributed by atoms with Crippen LogP contribution in [0.4, 0.5) is 10.5 Å². The van der Waals surface area contributed by atoms with E-state index < -0.39 is 6.09 Å². The molecule has 1 aromatic carbocycles. The molecule has 1 rings (SSSR count). The molecule has 1 N–H and O–H groups in total. The van der Waals surface area contributed by atoms with Gasteiger partial charge in [-0.3, -0.25) is 5.32 Å². The van der Waals surface area contributed by atoms with E-state index in [0.29, 0.717) is 10.7 Å². The molecule has 0 unspecified atom stereocenters. The van der Waals surface area contributed by atoms with Crippen LogP contribution in [0.5, 0.6) is 0 Å². The predicted molar refractivity (Wildman–Crippen MR) is 57.1 cm³/mol. The Morgan fingerprint density at radius 1 is 1.50 bits per heavy atom. The Morgan fingerprint density at radius 3 is 2.93 bits per heavy atom. The lowest BCUT2D eigenvalue weighted by atomic mass is 10.3. The fourth-order valence-electron chi connectivity index (χ4n) is 0.851. The van der Waals surface area contributed by atoms with Gasteiger partial charge in [0, 0.05) is 10.7 Å². The van der Waals surface area contributed by atoms with E-state index in [1.807, 2.05) is 0 Å². The smallest absolute Gasteiger partial charge is 0.411 e. The second-order valence-corrected chi connectivity index (χ2v) is 3.27. The standard InChI is InChI=1S/C9H9Cl2NO2/c10-4-5-14-9(13)12-8-3-1-2-7(11)6-8/h1-3,6H,4-5H2,(H,12,13). The minimum atomic E-state index is -0.534. The maximum absolute atomic E-state index is 11.0. The maximum atomic E-state index is 11.0. The summed E-state index contributed by atoms with van der Waals surface area (Å²) in [5, 5.41) is 3.07. The van der Waals surface area contributed by atoms with Crippen LogP contribution in [0.15, 0.2) is 24.3 Å². The fourth-order valence-corrected chi connectivity index (χ4v) is 1.12. The van der Waals surface area contributed by atoms with Crippen LogP contribution in [0.1, 0.15) is 0 Å². The molecule has 0 aliphatic carbocycles. The van der Waals surface area contributed by atoms with Crippen LogP contribution in [0.3, 0.4) is 0 Å². The van der Waals surface area contributed by atoms with Crippen molar-refractivity contribution < 1.29 is 9.53 Å². The summed E-state index contributed by atoms with van der Waals surface area (Å²) < 4.78 is 4.71. The molecule has 1 aromatic rings. The molecule has 0 bridgehead atoms. The third-order valence-corrected chi connectivity index (χ3v) is 1.77. The first-order chi connectivity index (χ1) is 6.72.